The molecule has 6 heavy (non-hydrogen) atoms. The van der Waals surface area contributed by atoms with Crippen molar-refractivity contribution in [3.8, 4) is 0 Å². The molecule has 0 unspecified atom stereocenters. The van der Waals surface area contributed by atoms with E-state index in [-0.39, 0.29) is 0 Å². The second kappa shape index (κ2) is 4.88. The molecule has 0 rings (SSSR count). The van der Waals surface area contributed by atoms with Gasteiger partial charge in [0.15, 0.2) is 0 Å². The summed E-state index contributed by atoms with van der Waals surface area (Å²) in [5.74, 6) is 0. The van der Waals surface area contributed by atoms with Crippen molar-refractivity contribution in [3.63, 3.8) is 0 Å². The summed E-state index contributed by atoms with van der Waals surface area (Å²) >= 11 is 0. The minimum atomic E-state index is 0.494. The van der Waals surface area contributed by atoms with Crippen molar-refractivity contribution in [2.75, 3.05) is 13.2 Å². The van der Waals surface area contributed by atoms with Crippen LogP contribution < -0.4 is 16.6 Å². The normalized spacial score (nSPS) is 9.00. The average Bonchev–Trinajstić information content (AvgIpc) is 1.61. The van der Waals surface area contributed by atoms with Crippen LogP contribution in [-0.2, 0) is 0 Å². The van der Waals surface area contributed by atoms with Gasteiger partial charge in [0.1, 0.15) is 0 Å². The fraction of sp³-hybridized carbons (Fsp3) is 1.00. The third kappa shape index (κ3) is 3.88. The highest BCUT2D eigenvalue weighted by atomic mass is 15.4. The molecule has 0 aliphatic rings. The molecule has 0 radical (unpaired) electrons. The summed E-state index contributed by atoms with van der Waals surface area (Å²) in [5.41, 5.74) is 10.6. The second-order valence-corrected chi connectivity index (χ2v) is 0.911. The molecule has 0 spiro atoms. The van der Waals surface area contributed by atoms with E-state index in [2.05, 4.69) is 10.9 Å². The summed E-state index contributed by atoms with van der Waals surface area (Å²) in [7, 11) is 0. The molecule has 0 amide bonds. The van der Waals surface area contributed by atoms with Crippen molar-refractivity contribution < 1.29 is 0 Å². The summed E-state index contributed by atoms with van der Waals surface area (Å²) < 4.78 is 0. The largest absolute Gasteiger partial charge is 0.317 e. The van der Waals surface area contributed by atoms with Crippen molar-refractivity contribution in [2.45, 2.75) is 6.92 Å². The summed E-state index contributed by atoms with van der Waals surface area (Å²) in [6.45, 7) is 3.41. The first-order valence-electron chi connectivity index (χ1n) is 2.07. The lowest BCUT2D eigenvalue weighted by Gasteiger charge is -1.95. The first kappa shape index (κ1) is 5.88. The number of hydrogen-bond acceptors (Lipinski definition) is 3. The van der Waals surface area contributed by atoms with Crippen LogP contribution in [0.1, 0.15) is 6.92 Å². The first-order chi connectivity index (χ1) is 2.91. The smallest absolute Gasteiger partial charge is 0.0564 e. The van der Waals surface area contributed by atoms with Crippen LogP contribution in [0, 0.1) is 0 Å². The van der Waals surface area contributed by atoms with Gasteiger partial charge in [-0.3, -0.25) is 5.43 Å². The van der Waals surface area contributed by atoms with Crippen LogP contribution in [-0.4, -0.2) is 13.2 Å². The molecule has 0 saturated heterocycles. The monoisotopic (exact) mass is 89.1 g/mol. The minimum Gasteiger partial charge on any atom is -0.317 e. The molecule has 0 aliphatic carbocycles. The lowest BCUT2D eigenvalue weighted by Crippen LogP contribution is -2.35. The quantitative estimate of drug-likeness (QED) is 0.236. The van der Waals surface area contributed by atoms with Crippen molar-refractivity contribution in [2.24, 2.45) is 5.73 Å². The van der Waals surface area contributed by atoms with E-state index in [1.807, 2.05) is 6.92 Å². The molecule has 0 bridgehead atoms. The van der Waals surface area contributed by atoms with Crippen LogP contribution >= 0.6 is 0 Å². The Balaban J connectivity index is 2.34. The minimum absolute atomic E-state index is 0.494. The van der Waals surface area contributed by atoms with Crippen LogP contribution in [0.15, 0.2) is 0 Å². The molecule has 0 aromatic carbocycles. The molecule has 0 aliphatic heterocycles. The van der Waals surface area contributed by atoms with Crippen LogP contribution in [0.3, 0.4) is 0 Å². The molecule has 0 saturated carbocycles. The Morgan fingerprint density at radius 2 is 2.17 bits per heavy atom. The molecule has 0 fully saturated rings. The van der Waals surface area contributed by atoms with Crippen molar-refractivity contribution >= 4 is 0 Å². The highest BCUT2D eigenvalue weighted by Gasteiger charge is 1.67. The Kier molecular flexibility index (Phi) is 4.78. The molecular formula is C3H11N3. The van der Waals surface area contributed by atoms with E-state index in [0.717, 1.165) is 6.54 Å². The maximum absolute atomic E-state index is 5.04. The van der Waals surface area contributed by atoms with Gasteiger partial charge in [-0.15, -0.1) is 0 Å². The highest BCUT2D eigenvalue weighted by molar-refractivity contribution is 4.24. The topological polar surface area (TPSA) is 50.1 Å². The summed E-state index contributed by atoms with van der Waals surface area (Å²) in [6.07, 6.45) is 0. The number of rotatable bonds is 3. The molecule has 4 N–H and O–H groups in total. The Morgan fingerprint density at radius 3 is 2.33 bits per heavy atom. The number of hydrazine groups is 1. The molecule has 3 nitrogen and oxygen atoms in total. The van der Waals surface area contributed by atoms with E-state index in [1.54, 1.807) is 0 Å². The zero-order chi connectivity index (χ0) is 4.83. The maximum Gasteiger partial charge on any atom is 0.0564 e. The number of nitrogens with two attached hydrogens (primary N) is 1. The van der Waals surface area contributed by atoms with E-state index in [9.17, 15) is 0 Å². The predicted molar refractivity (Wildman–Crippen MR) is 25.9 cm³/mol. The summed E-state index contributed by atoms with van der Waals surface area (Å²) in [4.78, 5) is 0. The standard InChI is InChI=1S/C3H11N3/c1-2-5-6-3-4/h5-6H,2-4H2,1H3. The zero-order valence-corrected chi connectivity index (χ0v) is 3.99. The average molecular weight is 89.1 g/mol. The third-order valence-electron chi connectivity index (χ3n) is 0.404. The van der Waals surface area contributed by atoms with E-state index >= 15 is 0 Å². The van der Waals surface area contributed by atoms with Gasteiger partial charge >= 0.3 is 0 Å². The van der Waals surface area contributed by atoms with E-state index in [1.165, 1.54) is 0 Å². The second-order valence-electron chi connectivity index (χ2n) is 0.911. The maximum atomic E-state index is 5.04. The van der Waals surface area contributed by atoms with Gasteiger partial charge in [0.05, 0.1) is 6.67 Å². The fourth-order valence-corrected chi connectivity index (χ4v) is 0.197. The van der Waals surface area contributed by atoms with Gasteiger partial charge in [0, 0.05) is 6.54 Å². The lowest BCUT2D eigenvalue weighted by molar-refractivity contribution is 0.563. The molecule has 0 heterocycles. The Morgan fingerprint density at radius 1 is 1.50 bits per heavy atom. The van der Waals surface area contributed by atoms with Gasteiger partial charge < -0.3 is 5.73 Å². The number of nitrogens with one attached hydrogen (secondary N) is 2. The molecule has 0 aromatic heterocycles. The van der Waals surface area contributed by atoms with Gasteiger partial charge in [0.2, 0.25) is 0 Å². The van der Waals surface area contributed by atoms with Gasteiger partial charge in [-0.2, -0.15) is 0 Å². The molecular weight excluding hydrogens is 78.1 g/mol. The van der Waals surface area contributed by atoms with E-state index < -0.39 is 0 Å². The molecule has 0 aromatic rings. The van der Waals surface area contributed by atoms with E-state index in [4.69, 9.17) is 5.73 Å². The van der Waals surface area contributed by atoms with Gasteiger partial charge in [-0.05, 0) is 0 Å². The fourth-order valence-electron chi connectivity index (χ4n) is 0.197. The number of hydrogen-bond donors (Lipinski definition) is 3. The molecule has 3 heteroatoms. The summed E-state index contributed by atoms with van der Waals surface area (Å²) in [6, 6.07) is 0. The highest BCUT2D eigenvalue weighted by Crippen LogP contribution is 1.39. The van der Waals surface area contributed by atoms with Gasteiger partial charge in [0.25, 0.3) is 0 Å². The lowest BCUT2D eigenvalue weighted by atomic mass is 10.8. The Bertz CT molecular complexity index is 18.0. The third-order valence-corrected chi connectivity index (χ3v) is 0.404. The van der Waals surface area contributed by atoms with Crippen molar-refractivity contribution in [3.05, 3.63) is 0 Å². The van der Waals surface area contributed by atoms with Crippen molar-refractivity contribution in [1.82, 2.24) is 10.9 Å². The van der Waals surface area contributed by atoms with Crippen LogP contribution in [0.4, 0.5) is 0 Å². The van der Waals surface area contributed by atoms with Crippen LogP contribution in [0.5, 0.6) is 0 Å². The van der Waals surface area contributed by atoms with Crippen molar-refractivity contribution in [1.29, 1.82) is 0 Å². The van der Waals surface area contributed by atoms with Crippen LogP contribution in [0.25, 0.3) is 0 Å². The zero-order valence-electron chi connectivity index (χ0n) is 3.99. The molecule has 0 atom stereocenters. The summed E-state index contributed by atoms with van der Waals surface area (Å²) in [5, 5.41) is 0. The van der Waals surface area contributed by atoms with Gasteiger partial charge in [-0.1, -0.05) is 6.92 Å². The van der Waals surface area contributed by atoms with Crippen LogP contribution in [0.2, 0.25) is 0 Å². The van der Waals surface area contributed by atoms with E-state index in [0.29, 0.717) is 6.67 Å². The Hall–Kier alpha value is -0.120. The van der Waals surface area contributed by atoms with Gasteiger partial charge in [-0.25, -0.2) is 5.43 Å². The SMILES string of the molecule is CCNNCN. The molecule has 38 valence electrons. The first-order valence-corrected chi connectivity index (χ1v) is 2.07. The predicted octanol–water partition coefficient (Wildman–Crippen LogP) is -0.983. The Labute approximate surface area is 37.9 Å².